The molecule has 5 rings (SSSR count). The van der Waals surface area contributed by atoms with Gasteiger partial charge in [-0.15, -0.1) is 0 Å². The molecule has 1 amide bonds. The molecule has 0 spiro atoms. The van der Waals surface area contributed by atoms with Gasteiger partial charge in [-0.25, -0.2) is 4.39 Å². The van der Waals surface area contributed by atoms with Crippen molar-refractivity contribution in [3.63, 3.8) is 0 Å². The van der Waals surface area contributed by atoms with Gasteiger partial charge in [0.25, 0.3) is 11.8 Å². The maximum atomic E-state index is 13.7. The molecule has 2 aromatic carbocycles. The number of carbonyl (C=O) groups is 1. The molecule has 1 fully saturated rings. The van der Waals surface area contributed by atoms with Gasteiger partial charge in [0.2, 0.25) is 5.82 Å². The molecule has 3 heterocycles. The van der Waals surface area contributed by atoms with Crippen LogP contribution in [0.5, 0.6) is 0 Å². The molecule has 34 heavy (non-hydrogen) atoms. The van der Waals surface area contributed by atoms with Gasteiger partial charge in [-0.3, -0.25) is 14.7 Å². The molecule has 0 atom stereocenters. The van der Waals surface area contributed by atoms with E-state index >= 15 is 0 Å². The molecule has 0 saturated carbocycles. The Morgan fingerprint density at radius 1 is 1.03 bits per heavy atom. The van der Waals surface area contributed by atoms with Crippen molar-refractivity contribution in [1.82, 2.24) is 24.9 Å². The molecule has 1 aliphatic heterocycles. The number of piperazine rings is 1. The highest BCUT2D eigenvalue weighted by molar-refractivity contribution is 6.30. The number of rotatable bonds is 5. The van der Waals surface area contributed by atoms with E-state index in [1.54, 1.807) is 23.4 Å². The van der Waals surface area contributed by atoms with Crippen LogP contribution in [0.4, 0.5) is 4.39 Å². The molecule has 7 nitrogen and oxygen atoms in total. The first-order chi connectivity index (χ1) is 16.6. The predicted octanol–water partition coefficient (Wildman–Crippen LogP) is 4.55. The van der Waals surface area contributed by atoms with Gasteiger partial charge in [0.1, 0.15) is 5.82 Å². The van der Waals surface area contributed by atoms with Crippen LogP contribution < -0.4 is 0 Å². The topological polar surface area (TPSA) is 75.4 Å². The Labute approximate surface area is 200 Å². The molecular weight excluding hydrogens is 457 g/mol. The van der Waals surface area contributed by atoms with E-state index in [2.05, 4.69) is 26.1 Å². The molecule has 0 aliphatic carbocycles. The molecule has 0 N–H and O–H groups in total. The molecule has 2 aromatic heterocycles. The molecular formula is C25H21ClFN5O2. The van der Waals surface area contributed by atoms with E-state index in [4.69, 9.17) is 16.1 Å². The Balaban J connectivity index is 1.21. The fourth-order valence-corrected chi connectivity index (χ4v) is 4.05. The Kier molecular flexibility index (Phi) is 6.33. The lowest BCUT2D eigenvalue weighted by Gasteiger charge is -2.34. The normalized spacial score (nSPS) is 14.4. The zero-order chi connectivity index (χ0) is 23.5. The van der Waals surface area contributed by atoms with Crippen molar-refractivity contribution < 1.29 is 13.7 Å². The van der Waals surface area contributed by atoms with Crippen LogP contribution in [-0.4, -0.2) is 57.0 Å². The van der Waals surface area contributed by atoms with Gasteiger partial charge in [0, 0.05) is 56.2 Å². The van der Waals surface area contributed by atoms with Crippen LogP contribution in [-0.2, 0) is 6.54 Å². The quantitative estimate of drug-likeness (QED) is 0.420. The van der Waals surface area contributed by atoms with Crippen molar-refractivity contribution in [3.8, 4) is 22.8 Å². The number of aromatic nitrogens is 3. The molecule has 0 bridgehead atoms. The van der Waals surface area contributed by atoms with Gasteiger partial charge in [-0.05, 0) is 42.0 Å². The van der Waals surface area contributed by atoms with Crippen LogP contribution in [0.3, 0.4) is 0 Å². The zero-order valence-corrected chi connectivity index (χ0v) is 19.0. The molecule has 1 saturated heterocycles. The number of hydrogen-bond donors (Lipinski definition) is 0. The van der Waals surface area contributed by atoms with Crippen molar-refractivity contribution in [2.45, 2.75) is 6.54 Å². The maximum absolute atomic E-state index is 13.7. The molecule has 1 aliphatic rings. The summed E-state index contributed by atoms with van der Waals surface area (Å²) in [5.41, 5.74) is 3.07. The highest BCUT2D eigenvalue weighted by Gasteiger charge is 2.23. The van der Waals surface area contributed by atoms with Gasteiger partial charge < -0.3 is 9.42 Å². The largest absolute Gasteiger partial charge is 0.336 e. The molecule has 9 heteroatoms. The highest BCUT2D eigenvalue weighted by Crippen LogP contribution is 2.23. The summed E-state index contributed by atoms with van der Waals surface area (Å²) in [4.78, 5) is 25.3. The molecule has 0 unspecified atom stereocenters. The van der Waals surface area contributed by atoms with E-state index in [0.29, 0.717) is 30.4 Å². The number of nitrogens with zero attached hydrogens (tertiary/aromatic N) is 5. The summed E-state index contributed by atoms with van der Waals surface area (Å²) in [6, 6.07) is 15.9. The second-order valence-corrected chi connectivity index (χ2v) is 8.47. The predicted molar refractivity (Wildman–Crippen MR) is 126 cm³/mol. The first-order valence-electron chi connectivity index (χ1n) is 10.9. The third-order valence-electron chi connectivity index (χ3n) is 5.75. The van der Waals surface area contributed by atoms with Crippen LogP contribution in [0.1, 0.15) is 15.9 Å². The fourth-order valence-electron chi connectivity index (χ4n) is 3.94. The standard InChI is InChI=1S/C25H21ClFN5O2/c26-21-7-6-19(14-22(21)27)25(33)32-11-9-31(10-12-32)16-17-3-1-4-18(13-17)23-29-24(34-30-23)20-5-2-8-28-15-20/h1-8,13-15H,9-12,16H2. The summed E-state index contributed by atoms with van der Waals surface area (Å²) in [5.74, 6) is 0.181. The van der Waals surface area contributed by atoms with E-state index in [0.717, 1.165) is 36.3 Å². The number of hydrogen-bond acceptors (Lipinski definition) is 6. The first-order valence-corrected chi connectivity index (χ1v) is 11.2. The van der Waals surface area contributed by atoms with Gasteiger partial charge in [0.15, 0.2) is 0 Å². The van der Waals surface area contributed by atoms with Crippen LogP contribution in [0.2, 0.25) is 5.02 Å². The van der Waals surface area contributed by atoms with Crippen molar-refractivity contribution in [3.05, 3.63) is 89.0 Å². The SMILES string of the molecule is O=C(c1ccc(Cl)c(F)c1)N1CCN(Cc2cccc(-c3noc(-c4cccnc4)n3)c2)CC1. The summed E-state index contributed by atoms with van der Waals surface area (Å²) >= 11 is 5.72. The van der Waals surface area contributed by atoms with E-state index in [9.17, 15) is 9.18 Å². The highest BCUT2D eigenvalue weighted by atomic mass is 35.5. The second kappa shape index (κ2) is 9.70. The number of amides is 1. The number of carbonyl (C=O) groups excluding carboxylic acids is 1. The smallest absolute Gasteiger partial charge is 0.259 e. The summed E-state index contributed by atoms with van der Waals surface area (Å²) in [6.45, 7) is 3.32. The lowest BCUT2D eigenvalue weighted by Crippen LogP contribution is -2.48. The number of benzene rings is 2. The monoisotopic (exact) mass is 477 g/mol. The average molecular weight is 478 g/mol. The molecule has 0 radical (unpaired) electrons. The third kappa shape index (κ3) is 4.83. The Bertz CT molecular complexity index is 1310. The minimum absolute atomic E-state index is 0.0118. The van der Waals surface area contributed by atoms with E-state index in [1.165, 1.54) is 12.1 Å². The summed E-state index contributed by atoms with van der Waals surface area (Å²) in [5, 5.41) is 4.13. The van der Waals surface area contributed by atoms with Crippen LogP contribution in [0.15, 0.2) is 71.5 Å². The first kappa shape index (κ1) is 22.2. The van der Waals surface area contributed by atoms with E-state index in [-0.39, 0.29) is 10.9 Å². The second-order valence-electron chi connectivity index (χ2n) is 8.06. The lowest BCUT2D eigenvalue weighted by molar-refractivity contribution is 0.0628. The number of pyridine rings is 1. The Morgan fingerprint density at radius 3 is 2.62 bits per heavy atom. The summed E-state index contributed by atoms with van der Waals surface area (Å²) < 4.78 is 19.1. The summed E-state index contributed by atoms with van der Waals surface area (Å²) in [6.07, 6.45) is 3.37. The average Bonchev–Trinajstić information content (AvgIpc) is 3.37. The zero-order valence-electron chi connectivity index (χ0n) is 18.2. The van der Waals surface area contributed by atoms with Crippen LogP contribution >= 0.6 is 11.6 Å². The van der Waals surface area contributed by atoms with Gasteiger partial charge in [0.05, 0.1) is 10.6 Å². The summed E-state index contributed by atoms with van der Waals surface area (Å²) in [7, 11) is 0. The number of halogens is 2. The van der Waals surface area contributed by atoms with Crippen molar-refractivity contribution in [2.75, 3.05) is 26.2 Å². The fraction of sp³-hybridized carbons (Fsp3) is 0.200. The van der Waals surface area contributed by atoms with Crippen molar-refractivity contribution >= 4 is 17.5 Å². The van der Waals surface area contributed by atoms with Crippen molar-refractivity contribution in [1.29, 1.82) is 0 Å². The lowest BCUT2D eigenvalue weighted by atomic mass is 10.1. The van der Waals surface area contributed by atoms with Crippen LogP contribution in [0.25, 0.3) is 22.8 Å². The van der Waals surface area contributed by atoms with E-state index in [1.807, 2.05) is 30.3 Å². The van der Waals surface area contributed by atoms with Crippen molar-refractivity contribution in [2.24, 2.45) is 0 Å². The molecule has 4 aromatic rings. The van der Waals surface area contributed by atoms with Gasteiger partial charge in [-0.2, -0.15) is 4.98 Å². The minimum Gasteiger partial charge on any atom is -0.336 e. The molecule has 172 valence electrons. The Morgan fingerprint density at radius 2 is 1.85 bits per heavy atom. The van der Waals surface area contributed by atoms with E-state index < -0.39 is 5.82 Å². The Hall–Kier alpha value is -3.62. The van der Waals surface area contributed by atoms with Crippen LogP contribution in [0, 0.1) is 5.82 Å². The maximum Gasteiger partial charge on any atom is 0.259 e. The van der Waals surface area contributed by atoms with Gasteiger partial charge in [-0.1, -0.05) is 35.0 Å². The van der Waals surface area contributed by atoms with Gasteiger partial charge >= 0.3 is 0 Å². The minimum atomic E-state index is -0.583. The third-order valence-corrected chi connectivity index (χ3v) is 6.06.